The van der Waals surface area contributed by atoms with Crippen LogP contribution in [0.3, 0.4) is 0 Å². The van der Waals surface area contributed by atoms with Crippen molar-refractivity contribution < 1.29 is 4.74 Å². The Morgan fingerprint density at radius 2 is 2.29 bits per heavy atom. The van der Waals surface area contributed by atoms with Crippen LogP contribution in [-0.2, 0) is 4.74 Å². The third-order valence-corrected chi connectivity index (χ3v) is 3.19. The van der Waals surface area contributed by atoms with Crippen LogP contribution in [0, 0.1) is 11.8 Å². The fourth-order valence-corrected chi connectivity index (χ4v) is 1.86. The van der Waals surface area contributed by atoms with E-state index >= 15 is 0 Å². The van der Waals surface area contributed by atoms with Gasteiger partial charge in [0.2, 0.25) is 5.96 Å². The molecule has 2 atom stereocenters. The first-order valence-corrected chi connectivity index (χ1v) is 6.49. The van der Waals surface area contributed by atoms with E-state index in [4.69, 9.17) is 10.6 Å². The van der Waals surface area contributed by atoms with E-state index in [-0.39, 0.29) is 0 Å². The maximum absolute atomic E-state index is 5.49. The van der Waals surface area contributed by atoms with Gasteiger partial charge in [0.25, 0.3) is 0 Å². The highest BCUT2D eigenvalue weighted by Gasteiger charge is 2.33. The second kappa shape index (κ2) is 7.50. The molecule has 1 fully saturated rings. The Hall–Kier alpha value is -0.810. The number of guanidine groups is 1. The zero-order valence-corrected chi connectivity index (χ0v) is 11.3. The van der Waals surface area contributed by atoms with Gasteiger partial charge in [-0.05, 0) is 31.6 Å². The van der Waals surface area contributed by atoms with Crippen molar-refractivity contribution in [3.05, 3.63) is 0 Å². The van der Waals surface area contributed by atoms with Crippen LogP contribution in [0.4, 0.5) is 0 Å². The van der Waals surface area contributed by atoms with Crippen LogP contribution in [0.5, 0.6) is 0 Å². The molecule has 0 aromatic carbocycles. The summed E-state index contributed by atoms with van der Waals surface area (Å²) in [4.78, 5) is 6.55. The van der Waals surface area contributed by atoms with E-state index in [1.54, 1.807) is 0 Å². The minimum Gasteiger partial charge on any atom is -0.382 e. The number of hydrazine groups is 1. The molecule has 2 unspecified atom stereocenters. The van der Waals surface area contributed by atoms with Crippen molar-refractivity contribution >= 4 is 5.96 Å². The number of nitrogens with one attached hydrogen (secondary N) is 1. The summed E-state index contributed by atoms with van der Waals surface area (Å²) in [6.07, 6.45) is 2.26. The lowest BCUT2D eigenvalue weighted by Gasteiger charge is -2.20. The number of aliphatic imine (C=N–C) groups is 1. The van der Waals surface area contributed by atoms with E-state index < -0.39 is 0 Å². The first-order chi connectivity index (χ1) is 8.19. The molecule has 0 saturated heterocycles. The minimum absolute atomic E-state index is 0.754. The lowest BCUT2D eigenvalue weighted by Crippen LogP contribution is -2.43. The lowest BCUT2D eigenvalue weighted by molar-refractivity contribution is 0.146. The predicted octanol–water partition coefficient (Wildman–Crippen LogP) is 0.820. The van der Waals surface area contributed by atoms with E-state index in [1.807, 2.05) is 14.0 Å². The highest BCUT2D eigenvalue weighted by Crippen LogP contribution is 2.37. The number of nitrogens with two attached hydrogens (primary N) is 1. The van der Waals surface area contributed by atoms with E-state index in [9.17, 15) is 0 Å². The van der Waals surface area contributed by atoms with Gasteiger partial charge < -0.3 is 9.64 Å². The Morgan fingerprint density at radius 1 is 1.59 bits per heavy atom. The smallest absolute Gasteiger partial charge is 0.208 e. The molecule has 0 amide bonds. The molecule has 0 radical (unpaired) electrons. The Labute approximate surface area is 104 Å². The molecule has 5 heteroatoms. The maximum Gasteiger partial charge on any atom is 0.208 e. The highest BCUT2D eigenvalue weighted by molar-refractivity contribution is 5.79. The van der Waals surface area contributed by atoms with Crippen LogP contribution in [0.2, 0.25) is 0 Å². The molecular weight excluding hydrogens is 216 g/mol. The van der Waals surface area contributed by atoms with E-state index in [1.165, 1.54) is 6.42 Å². The topological polar surface area (TPSA) is 62.9 Å². The van der Waals surface area contributed by atoms with Crippen LogP contribution in [0.1, 0.15) is 26.7 Å². The minimum atomic E-state index is 0.754. The normalized spacial score (nSPS) is 23.6. The number of hydrogen-bond acceptors (Lipinski definition) is 3. The lowest BCUT2D eigenvalue weighted by atomic mass is 10.3. The van der Waals surface area contributed by atoms with Crippen LogP contribution in [0.25, 0.3) is 0 Å². The summed E-state index contributed by atoms with van der Waals surface area (Å²) in [5.41, 5.74) is 2.68. The fourth-order valence-electron chi connectivity index (χ4n) is 1.86. The first kappa shape index (κ1) is 14.3. The third-order valence-electron chi connectivity index (χ3n) is 3.19. The van der Waals surface area contributed by atoms with Crippen LogP contribution in [-0.4, -0.2) is 44.2 Å². The molecule has 0 aromatic rings. The van der Waals surface area contributed by atoms with Gasteiger partial charge in [-0.3, -0.25) is 10.4 Å². The maximum atomic E-state index is 5.49. The van der Waals surface area contributed by atoms with E-state index in [0.29, 0.717) is 0 Å². The summed E-state index contributed by atoms with van der Waals surface area (Å²) in [5.74, 6) is 7.93. The highest BCUT2D eigenvalue weighted by atomic mass is 16.5. The Morgan fingerprint density at radius 3 is 2.82 bits per heavy atom. The zero-order valence-electron chi connectivity index (χ0n) is 11.3. The van der Waals surface area contributed by atoms with Gasteiger partial charge >= 0.3 is 0 Å². The summed E-state index contributed by atoms with van der Waals surface area (Å²) in [6.45, 7) is 7.61. The molecule has 0 heterocycles. The summed E-state index contributed by atoms with van der Waals surface area (Å²) < 4.78 is 5.26. The van der Waals surface area contributed by atoms with Crippen molar-refractivity contribution in [1.82, 2.24) is 10.3 Å². The molecule has 0 aliphatic heterocycles. The standard InChI is InChI=1S/C12H26N4O/c1-4-17-7-5-6-14-12(15-13)16(3)9-11-8-10(11)2/h10-11H,4-9,13H2,1-3H3,(H,14,15). The molecule has 0 spiro atoms. The average Bonchev–Trinajstić information content (AvgIpc) is 2.99. The Bertz CT molecular complexity index is 245. The second-order valence-electron chi connectivity index (χ2n) is 4.75. The largest absolute Gasteiger partial charge is 0.382 e. The van der Waals surface area contributed by atoms with Gasteiger partial charge in [0, 0.05) is 33.4 Å². The summed E-state index contributed by atoms with van der Waals surface area (Å²) in [5, 5.41) is 0. The monoisotopic (exact) mass is 242 g/mol. The molecule has 0 bridgehead atoms. The third kappa shape index (κ3) is 5.37. The van der Waals surface area contributed by atoms with Crippen molar-refractivity contribution in [1.29, 1.82) is 0 Å². The Kier molecular flexibility index (Phi) is 6.29. The van der Waals surface area contributed by atoms with Crippen molar-refractivity contribution in [3.8, 4) is 0 Å². The van der Waals surface area contributed by atoms with Crippen LogP contribution < -0.4 is 11.3 Å². The molecule has 3 N–H and O–H groups in total. The summed E-state index contributed by atoms with van der Waals surface area (Å²) in [6, 6.07) is 0. The molecule has 100 valence electrons. The zero-order chi connectivity index (χ0) is 12.7. The molecule has 1 saturated carbocycles. The van der Waals surface area contributed by atoms with Crippen molar-refractivity contribution in [2.24, 2.45) is 22.7 Å². The number of ether oxygens (including phenoxy) is 1. The van der Waals surface area contributed by atoms with E-state index in [2.05, 4.69) is 22.2 Å². The molecular formula is C12H26N4O. The molecule has 0 aromatic heterocycles. The molecule has 1 aliphatic carbocycles. The van der Waals surface area contributed by atoms with Crippen molar-refractivity contribution in [2.45, 2.75) is 26.7 Å². The van der Waals surface area contributed by atoms with Crippen LogP contribution in [0.15, 0.2) is 4.99 Å². The number of hydrogen-bond donors (Lipinski definition) is 2. The quantitative estimate of drug-likeness (QED) is 0.228. The SMILES string of the molecule is CCOCCCN=C(NN)N(C)CC1CC1C. The van der Waals surface area contributed by atoms with Crippen molar-refractivity contribution in [3.63, 3.8) is 0 Å². The van der Waals surface area contributed by atoms with Gasteiger partial charge in [-0.1, -0.05) is 6.92 Å². The molecule has 5 nitrogen and oxygen atoms in total. The summed E-state index contributed by atoms with van der Waals surface area (Å²) in [7, 11) is 2.03. The van der Waals surface area contributed by atoms with Gasteiger partial charge in [-0.2, -0.15) is 0 Å². The van der Waals surface area contributed by atoms with Gasteiger partial charge in [0.05, 0.1) is 0 Å². The number of nitrogens with zero attached hydrogens (tertiary/aromatic N) is 2. The molecule has 17 heavy (non-hydrogen) atoms. The van der Waals surface area contributed by atoms with Gasteiger partial charge in [-0.25, -0.2) is 5.84 Å². The number of rotatable bonds is 7. The fraction of sp³-hybridized carbons (Fsp3) is 0.917. The predicted molar refractivity (Wildman–Crippen MR) is 70.6 cm³/mol. The van der Waals surface area contributed by atoms with Crippen molar-refractivity contribution in [2.75, 3.05) is 33.4 Å². The van der Waals surface area contributed by atoms with Gasteiger partial charge in [-0.15, -0.1) is 0 Å². The Balaban J connectivity index is 2.22. The molecule has 1 rings (SSSR count). The first-order valence-electron chi connectivity index (χ1n) is 6.49. The van der Waals surface area contributed by atoms with Gasteiger partial charge in [0.1, 0.15) is 0 Å². The average molecular weight is 242 g/mol. The van der Waals surface area contributed by atoms with E-state index in [0.717, 1.165) is 50.5 Å². The second-order valence-corrected chi connectivity index (χ2v) is 4.75. The van der Waals surface area contributed by atoms with Crippen LogP contribution >= 0.6 is 0 Å². The molecule has 1 aliphatic rings. The van der Waals surface area contributed by atoms with Gasteiger partial charge in [0.15, 0.2) is 0 Å². The summed E-state index contributed by atoms with van der Waals surface area (Å²) >= 11 is 0.